The molecule has 0 bridgehead atoms. The van der Waals surface area contributed by atoms with E-state index in [1.807, 2.05) is 0 Å². The quantitative estimate of drug-likeness (QED) is 0.766. The molecule has 1 aliphatic carbocycles. The fourth-order valence-electron chi connectivity index (χ4n) is 2.82. The van der Waals surface area contributed by atoms with Crippen molar-refractivity contribution in [3.05, 3.63) is 27.7 Å². The number of aliphatic hydroxyl groups excluding tert-OH is 1. The fourth-order valence-corrected chi connectivity index (χ4v) is 3.32. The van der Waals surface area contributed by atoms with E-state index in [9.17, 15) is 18.3 Å². The summed E-state index contributed by atoms with van der Waals surface area (Å²) in [6.07, 6.45) is -3.27. The summed E-state index contributed by atoms with van der Waals surface area (Å²) in [6, 6.07) is 5.06. The third-order valence-electron chi connectivity index (χ3n) is 3.94. The van der Waals surface area contributed by atoms with Crippen molar-refractivity contribution in [2.45, 2.75) is 37.4 Å². The molecule has 2 N–H and O–H groups in total. The maximum Gasteiger partial charge on any atom is 0.391 e. The Labute approximate surface area is 134 Å². The lowest BCUT2D eigenvalue weighted by atomic mass is 9.75. The van der Waals surface area contributed by atoms with Gasteiger partial charge in [-0.15, -0.1) is 0 Å². The molecule has 2 unspecified atom stereocenters. The number of rotatable bonds is 3. The minimum atomic E-state index is -4.22. The summed E-state index contributed by atoms with van der Waals surface area (Å²) in [5, 5.41) is 13.2. The second-order valence-electron chi connectivity index (χ2n) is 5.53. The molecule has 0 amide bonds. The number of alkyl halides is 3. The molecular formula is C14H16BrClF3NO. The summed E-state index contributed by atoms with van der Waals surface area (Å²) in [5.74, 6) is -1.37. The Kier molecular flexibility index (Phi) is 5.11. The molecular weight excluding hydrogens is 371 g/mol. The van der Waals surface area contributed by atoms with Crippen LogP contribution in [0.1, 0.15) is 25.7 Å². The number of nitrogens with one attached hydrogen (secondary N) is 1. The standard InChI is InChI=1S/C14H16BrClF3NO/c15-11-6-10(3-4-12(11)16)20-13(8-21)5-1-2-9(7-13)14(17,18)19/h3-4,6,9,20-21H,1-2,5,7-8H2. The minimum Gasteiger partial charge on any atom is -0.394 e. The van der Waals surface area contributed by atoms with Gasteiger partial charge in [0.1, 0.15) is 0 Å². The molecule has 0 aromatic heterocycles. The first kappa shape index (κ1) is 16.9. The molecule has 2 nitrogen and oxygen atoms in total. The van der Waals surface area contributed by atoms with Gasteiger partial charge in [-0.3, -0.25) is 0 Å². The summed E-state index contributed by atoms with van der Waals surface area (Å²) in [6.45, 7) is -0.334. The van der Waals surface area contributed by atoms with Gasteiger partial charge in [-0.05, 0) is 53.4 Å². The normalized spacial score (nSPS) is 26.7. The molecule has 118 valence electrons. The monoisotopic (exact) mass is 385 g/mol. The van der Waals surface area contributed by atoms with Gasteiger partial charge >= 0.3 is 6.18 Å². The van der Waals surface area contributed by atoms with E-state index in [2.05, 4.69) is 21.2 Å². The van der Waals surface area contributed by atoms with Crippen molar-refractivity contribution in [1.82, 2.24) is 0 Å². The molecule has 0 aliphatic heterocycles. The van der Waals surface area contributed by atoms with Crippen LogP contribution in [-0.2, 0) is 0 Å². The van der Waals surface area contributed by atoms with Crippen molar-refractivity contribution in [2.24, 2.45) is 5.92 Å². The minimum absolute atomic E-state index is 0.118. The molecule has 2 rings (SSSR count). The van der Waals surface area contributed by atoms with Gasteiger partial charge in [-0.1, -0.05) is 18.0 Å². The first-order chi connectivity index (χ1) is 9.76. The van der Waals surface area contributed by atoms with Crippen molar-refractivity contribution in [3.63, 3.8) is 0 Å². The van der Waals surface area contributed by atoms with Crippen LogP contribution >= 0.6 is 27.5 Å². The van der Waals surface area contributed by atoms with Crippen molar-refractivity contribution < 1.29 is 18.3 Å². The summed E-state index contributed by atoms with van der Waals surface area (Å²) < 4.78 is 39.5. The van der Waals surface area contributed by atoms with Crippen LogP contribution in [0.3, 0.4) is 0 Å². The van der Waals surface area contributed by atoms with Crippen LogP contribution in [0.15, 0.2) is 22.7 Å². The third kappa shape index (κ3) is 4.05. The summed E-state index contributed by atoms with van der Waals surface area (Å²) in [7, 11) is 0. The predicted octanol–water partition coefficient (Wildman–Crippen LogP) is 5.00. The molecule has 0 heterocycles. The van der Waals surface area contributed by atoms with Crippen LogP contribution in [0.4, 0.5) is 18.9 Å². The second-order valence-corrected chi connectivity index (χ2v) is 6.79. The van der Waals surface area contributed by atoms with Gasteiger partial charge in [-0.25, -0.2) is 0 Å². The highest BCUT2D eigenvalue weighted by molar-refractivity contribution is 9.10. The molecule has 1 aromatic carbocycles. The van der Waals surface area contributed by atoms with Crippen molar-refractivity contribution in [3.8, 4) is 0 Å². The van der Waals surface area contributed by atoms with Crippen molar-refractivity contribution >= 4 is 33.2 Å². The van der Waals surface area contributed by atoms with Gasteiger partial charge in [-0.2, -0.15) is 13.2 Å². The van der Waals surface area contributed by atoms with Gasteiger partial charge < -0.3 is 10.4 Å². The molecule has 1 saturated carbocycles. The Balaban J connectivity index is 2.19. The van der Waals surface area contributed by atoms with E-state index in [-0.39, 0.29) is 19.4 Å². The van der Waals surface area contributed by atoms with Crippen LogP contribution in [0.5, 0.6) is 0 Å². The van der Waals surface area contributed by atoms with Crippen LogP contribution < -0.4 is 5.32 Å². The molecule has 7 heteroatoms. The number of halogens is 5. The average Bonchev–Trinajstić information content (AvgIpc) is 2.42. The third-order valence-corrected chi connectivity index (χ3v) is 5.15. The maximum absolute atomic E-state index is 12.9. The lowest BCUT2D eigenvalue weighted by molar-refractivity contribution is -0.187. The number of anilines is 1. The highest BCUT2D eigenvalue weighted by Gasteiger charge is 2.47. The lowest BCUT2D eigenvalue weighted by Crippen LogP contribution is -2.48. The molecule has 1 aliphatic rings. The van der Waals surface area contributed by atoms with Gasteiger partial charge in [0.25, 0.3) is 0 Å². The van der Waals surface area contributed by atoms with E-state index in [1.165, 1.54) is 0 Å². The Bertz CT molecular complexity index is 511. The van der Waals surface area contributed by atoms with E-state index in [0.29, 0.717) is 28.0 Å². The molecule has 2 atom stereocenters. The summed E-state index contributed by atoms with van der Waals surface area (Å²) >= 11 is 9.18. The predicted molar refractivity (Wildman–Crippen MR) is 80.6 cm³/mol. The smallest absolute Gasteiger partial charge is 0.391 e. The van der Waals surface area contributed by atoms with E-state index >= 15 is 0 Å². The zero-order chi connectivity index (χ0) is 15.7. The Morgan fingerprint density at radius 2 is 2.14 bits per heavy atom. The largest absolute Gasteiger partial charge is 0.394 e. The van der Waals surface area contributed by atoms with E-state index in [4.69, 9.17) is 11.6 Å². The van der Waals surface area contributed by atoms with E-state index in [0.717, 1.165) is 0 Å². The Morgan fingerprint density at radius 3 is 2.71 bits per heavy atom. The Morgan fingerprint density at radius 1 is 1.43 bits per heavy atom. The number of benzene rings is 1. The number of hydrogen-bond acceptors (Lipinski definition) is 2. The highest BCUT2D eigenvalue weighted by atomic mass is 79.9. The second kappa shape index (κ2) is 6.34. The SMILES string of the molecule is OCC1(Nc2ccc(Cl)c(Br)c2)CCCC(C(F)(F)F)C1. The van der Waals surface area contributed by atoms with Crippen LogP contribution in [0.2, 0.25) is 5.02 Å². The van der Waals surface area contributed by atoms with Crippen molar-refractivity contribution in [2.75, 3.05) is 11.9 Å². The molecule has 1 fully saturated rings. The molecule has 0 spiro atoms. The van der Waals surface area contributed by atoms with Gasteiger partial charge in [0, 0.05) is 10.2 Å². The van der Waals surface area contributed by atoms with Crippen LogP contribution in [-0.4, -0.2) is 23.4 Å². The molecule has 21 heavy (non-hydrogen) atoms. The average molecular weight is 387 g/mol. The first-order valence-electron chi connectivity index (χ1n) is 6.67. The highest BCUT2D eigenvalue weighted by Crippen LogP contribution is 2.43. The zero-order valence-corrected chi connectivity index (χ0v) is 13.5. The zero-order valence-electron chi connectivity index (χ0n) is 11.2. The van der Waals surface area contributed by atoms with Gasteiger partial charge in [0.2, 0.25) is 0 Å². The fraction of sp³-hybridized carbons (Fsp3) is 0.571. The van der Waals surface area contributed by atoms with Gasteiger partial charge in [0.15, 0.2) is 0 Å². The summed E-state index contributed by atoms with van der Waals surface area (Å²) in [5.41, 5.74) is -0.297. The van der Waals surface area contributed by atoms with Gasteiger partial charge in [0.05, 0.1) is 23.1 Å². The topological polar surface area (TPSA) is 32.3 Å². The maximum atomic E-state index is 12.9. The number of aliphatic hydroxyl groups is 1. The molecule has 0 radical (unpaired) electrons. The first-order valence-corrected chi connectivity index (χ1v) is 7.84. The lowest BCUT2D eigenvalue weighted by Gasteiger charge is -2.41. The number of hydrogen-bond donors (Lipinski definition) is 2. The van der Waals surface area contributed by atoms with E-state index in [1.54, 1.807) is 18.2 Å². The molecule has 1 aromatic rings. The summed E-state index contributed by atoms with van der Waals surface area (Å²) in [4.78, 5) is 0. The van der Waals surface area contributed by atoms with Crippen molar-refractivity contribution in [1.29, 1.82) is 0 Å². The van der Waals surface area contributed by atoms with E-state index < -0.39 is 17.6 Å². The van der Waals surface area contributed by atoms with Crippen LogP contribution in [0.25, 0.3) is 0 Å². The molecule has 0 saturated heterocycles. The Hall–Kier alpha value is -0.460. The van der Waals surface area contributed by atoms with Crippen LogP contribution in [0, 0.1) is 5.92 Å².